The van der Waals surface area contributed by atoms with Crippen molar-refractivity contribution < 1.29 is 37.1 Å². The van der Waals surface area contributed by atoms with Gasteiger partial charge in [0.15, 0.2) is 17.2 Å². The van der Waals surface area contributed by atoms with Crippen LogP contribution < -0.4 is 20.9 Å². The second-order valence-corrected chi connectivity index (χ2v) is 5.88. The molecule has 1 aromatic heterocycles. The molecule has 1 aromatic carbocycles. The summed E-state index contributed by atoms with van der Waals surface area (Å²) in [6, 6.07) is 0.349. The van der Waals surface area contributed by atoms with Crippen LogP contribution in [0.2, 0.25) is 0 Å². The van der Waals surface area contributed by atoms with Gasteiger partial charge in [-0.2, -0.15) is 4.39 Å². The lowest BCUT2D eigenvalue weighted by molar-refractivity contribution is -0.881. The number of halogens is 3. The van der Waals surface area contributed by atoms with Gasteiger partial charge in [0.25, 0.3) is 0 Å². The molecule has 7 nitrogen and oxygen atoms in total. The molecule has 0 spiro atoms. The Morgan fingerprint density at radius 2 is 1.93 bits per heavy atom. The number of hydrogen-bond acceptors (Lipinski definition) is 6. The third kappa shape index (κ3) is 4.58. The number of quaternary nitrogens is 1. The summed E-state index contributed by atoms with van der Waals surface area (Å²) in [5.41, 5.74) is -3.55. The van der Waals surface area contributed by atoms with Crippen molar-refractivity contribution in [2.75, 3.05) is 39.8 Å². The van der Waals surface area contributed by atoms with Gasteiger partial charge in [0.1, 0.15) is 5.56 Å². The standard InChI is InChI=1S/C12H7F3O5.C5H12N2/c1-2-19-11(17)6-9(16)4-3-5(13)7(14)8(15)10(4)20-12(6)18;1-7-4-2-6-3-5-7/h3,16H,2H2,1H3;6H,2-5H2,1H3. The lowest BCUT2D eigenvalue weighted by atomic mass is 10.1. The lowest BCUT2D eigenvalue weighted by Crippen LogP contribution is -3.12. The summed E-state index contributed by atoms with van der Waals surface area (Å²) in [6.07, 6.45) is 0. The molecule has 1 fully saturated rings. The van der Waals surface area contributed by atoms with E-state index in [1.807, 2.05) is 0 Å². The van der Waals surface area contributed by atoms with Crippen LogP contribution in [-0.2, 0) is 4.74 Å². The molecular weight excluding hydrogens is 369 g/mol. The van der Waals surface area contributed by atoms with E-state index >= 15 is 0 Å². The number of carbonyl (C=O) groups excluding carboxylic acids is 1. The fourth-order valence-corrected chi connectivity index (χ4v) is 2.45. The van der Waals surface area contributed by atoms with Crippen LogP contribution in [0.5, 0.6) is 5.75 Å². The molecule has 2 N–H and O–H groups in total. The van der Waals surface area contributed by atoms with Crippen molar-refractivity contribution in [3.63, 3.8) is 0 Å². The van der Waals surface area contributed by atoms with E-state index in [1.54, 1.807) is 4.90 Å². The topological polar surface area (TPSA) is 96.0 Å². The quantitative estimate of drug-likeness (QED) is 0.412. The highest BCUT2D eigenvalue weighted by Crippen LogP contribution is 2.29. The third-order valence-corrected chi connectivity index (χ3v) is 3.92. The lowest BCUT2D eigenvalue weighted by Gasteiger charge is -2.19. The van der Waals surface area contributed by atoms with Crippen LogP contribution in [0.25, 0.3) is 11.0 Å². The van der Waals surface area contributed by atoms with Crippen LogP contribution in [-0.4, -0.2) is 45.8 Å². The smallest absolute Gasteiger partial charge is 0.350 e. The van der Waals surface area contributed by atoms with Crippen LogP contribution in [0.4, 0.5) is 13.2 Å². The summed E-state index contributed by atoms with van der Waals surface area (Å²) in [4.78, 5) is 24.5. The van der Waals surface area contributed by atoms with E-state index in [1.165, 1.54) is 33.1 Å². The minimum Gasteiger partial charge on any atom is -0.871 e. The highest BCUT2D eigenvalue weighted by Gasteiger charge is 2.22. The van der Waals surface area contributed by atoms with E-state index in [9.17, 15) is 27.9 Å². The zero-order valence-corrected chi connectivity index (χ0v) is 14.8. The van der Waals surface area contributed by atoms with Gasteiger partial charge in [-0.15, -0.1) is 0 Å². The molecule has 27 heavy (non-hydrogen) atoms. The third-order valence-electron chi connectivity index (χ3n) is 3.92. The molecule has 0 unspecified atom stereocenters. The molecule has 2 aromatic rings. The van der Waals surface area contributed by atoms with Crippen molar-refractivity contribution in [3.05, 3.63) is 39.5 Å². The average molecular weight is 388 g/mol. The molecule has 0 amide bonds. The normalized spacial score (nSPS) is 14.6. The molecule has 3 rings (SSSR count). The Morgan fingerprint density at radius 1 is 1.30 bits per heavy atom. The Morgan fingerprint density at radius 3 is 2.44 bits per heavy atom. The number of ether oxygens (including phenoxy) is 1. The summed E-state index contributed by atoms with van der Waals surface area (Å²) in [5.74, 6) is -7.91. The molecule has 2 heterocycles. The van der Waals surface area contributed by atoms with Crippen molar-refractivity contribution in [2.24, 2.45) is 0 Å². The van der Waals surface area contributed by atoms with Gasteiger partial charge in [-0.1, -0.05) is 5.75 Å². The summed E-state index contributed by atoms with van der Waals surface area (Å²) < 4.78 is 48.3. The predicted octanol–water partition coefficient (Wildman–Crippen LogP) is -0.435. The van der Waals surface area contributed by atoms with E-state index < -0.39 is 51.3 Å². The van der Waals surface area contributed by atoms with Crippen LogP contribution in [0.15, 0.2) is 15.3 Å². The number of benzene rings is 1. The van der Waals surface area contributed by atoms with Crippen LogP contribution in [0, 0.1) is 17.5 Å². The van der Waals surface area contributed by atoms with Gasteiger partial charge in [-0.25, -0.2) is 18.4 Å². The maximum absolute atomic E-state index is 13.4. The maximum atomic E-state index is 13.4. The number of hydrogen-bond donors (Lipinski definition) is 2. The van der Waals surface area contributed by atoms with Crippen molar-refractivity contribution >= 4 is 16.9 Å². The Labute approximate surface area is 152 Å². The molecule has 1 aliphatic rings. The molecular formula is C17H19F3N2O5. The number of likely N-dealkylation sites (N-methyl/N-ethyl adjacent to an activating group) is 1. The van der Waals surface area contributed by atoms with Crippen molar-refractivity contribution in [1.82, 2.24) is 5.32 Å². The predicted molar refractivity (Wildman–Crippen MR) is 87.3 cm³/mol. The zero-order chi connectivity index (χ0) is 20.1. The highest BCUT2D eigenvalue weighted by atomic mass is 19.2. The summed E-state index contributed by atoms with van der Waals surface area (Å²) in [7, 11) is 2.24. The van der Waals surface area contributed by atoms with Crippen LogP contribution in [0.3, 0.4) is 0 Å². The second kappa shape index (κ2) is 8.87. The summed E-state index contributed by atoms with van der Waals surface area (Å²) in [5, 5.41) is 14.4. The zero-order valence-electron chi connectivity index (χ0n) is 14.8. The number of esters is 1. The number of nitrogens with one attached hydrogen (secondary N) is 2. The van der Waals surface area contributed by atoms with Gasteiger partial charge in [-0.05, 0) is 13.0 Å². The van der Waals surface area contributed by atoms with Gasteiger partial charge in [0.05, 0.1) is 26.7 Å². The molecule has 0 aliphatic carbocycles. The molecule has 1 saturated heterocycles. The van der Waals surface area contributed by atoms with Crippen molar-refractivity contribution in [2.45, 2.75) is 6.92 Å². The SMILES string of the molecule is CCOC(=O)c1c([O-])c2cc(F)c(F)c(F)c2oc1=O.C[NH+]1CCNCC1. The molecule has 10 heteroatoms. The molecule has 0 bridgehead atoms. The van der Waals surface area contributed by atoms with E-state index in [-0.39, 0.29) is 6.61 Å². The molecule has 0 radical (unpaired) electrons. The van der Waals surface area contributed by atoms with E-state index in [0.717, 1.165) is 0 Å². The fourth-order valence-electron chi connectivity index (χ4n) is 2.45. The first-order valence-electron chi connectivity index (χ1n) is 8.28. The van der Waals surface area contributed by atoms with Gasteiger partial charge in [0.2, 0.25) is 5.82 Å². The first kappa shape index (κ1) is 20.7. The molecule has 148 valence electrons. The largest absolute Gasteiger partial charge is 0.871 e. The molecule has 0 saturated carbocycles. The Kier molecular flexibility index (Phi) is 6.81. The number of rotatable bonds is 2. The second-order valence-electron chi connectivity index (χ2n) is 5.88. The number of piperazine rings is 1. The van der Waals surface area contributed by atoms with Gasteiger partial charge < -0.3 is 24.5 Å². The number of fused-ring (bicyclic) bond motifs is 1. The first-order valence-corrected chi connectivity index (χ1v) is 8.28. The van der Waals surface area contributed by atoms with Gasteiger partial charge >= 0.3 is 11.6 Å². The Balaban J connectivity index is 0.000000313. The van der Waals surface area contributed by atoms with Crippen LogP contribution >= 0.6 is 0 Å². The fraction of sp³-hybridized carbons (Fsp3) is 0.412. The Hall–Kier alpha value is -2.59. The van der Waals surface area contributed by atoms with E-state index in [4.69, 9.17) is 0 Å². The number of carbonyl (C=O) groups is 1. The highest BCUT2D eigenvalue weighted by molar-refractivity contribution is 5.98. The van der Waals surface area contributed by atoms with Gasteiger partial charge in [0, 0.05) is 18.5 Å². The summed E-state index contributed by atoms with van der Waals surface area (Å²) >= 11 is 0. The molecule has 1 aliphatic heterocycles. The minimum absolute atomic E-state index is 0.123. The average Bonchev–Trinajstić information content (AvgIpc) is 2.63. The van der Waals surface area contributed by atoms with Gasteiger partial charge in [-0.3, -0.25) is 0 Å². The van der Waals surface area contributed by atoms with E-state index in [2.05, 4.69) is 21.5 Å². The monoisotopic (exact) mass is 388 g/mol. The van der Waals surface area contributed by atoms with Crippen molar-refractivity contribution in [3.8, 4) is 5.75 Å². The van der Waals surface area contributed by atoms with E-state index in [0.29, 0.717) is 6.07 Å². The van der Waals surface area contributed by atoms with Crippen molar-refractivity contribution in [1.29, 1.82) is 0 Å². The Bertz CT molecular complexity index is 894. The minimum atomic E-state index is -1.89. The molecule has 0 atom stereocenters. The summed E-state index contributed by atoms with van der Waals surface area (Å²) in [6.45, 7) is 6.29. The van der Waals surface area contributed by atoms with Crippen LogP contribution in [0.1, 0.15) is 17.3 Å². The first-order chi connectivity index (χ1) is 12.8. The maximum Gasteiger partial charge on any atom is 0.350 e.